The number of halogens is 1. The fourth-order valence-electron chi connectivity index (χ4n) is 5.60. The number of hydrogen-bond donors (Lipinski definition) is 1. The fraction of sp³-hybridized carbons (Fsp3) is 0.531. The quantitative estimate of drug-likeness (QED) is 0.127. The molecule has 2 aromatic rings. The zero-order valence-corrected chi connectivity index (χ0v) is 24.1. The van der Waals surface area contributed by atoms with E-state index < -0.39 is 5.82 Å². The number of carbonyl (C=O) groups is 1. The molecule has 226 valence electrons. The largest absolute Gasteiger partial charge is 0.473 e. The number of rotatable bonds is 12. The molecule has 1 N–H and O–H groups in total. The van der Waals surface area contributed by atoms with Gasteiger partial charge in [0, 0.05) is 54.5 Å². The van der Waals surface area contributed by atoms with Crippen molar-refractivity contribution >= 4 is 11.6 Å². The predicted octanol–water partition coefficient (Wildman–Crippen LogP) is 4.65. The van der Waals surface area contributed by atoms with Gasteiger partial charge in [-0.3, -0.25) is 19.9 Å². The molecule has 1 aromatic carbocycles. The molecule has 1 atom stereocenters. The third kappa shape index (κ3) is 8.01. The Balaban J connectivity index is 1.12. The maximum Gasteiger partial charge on any atom is 0.213 e. The lowest BCUT2D eigenvalue weighted by Gasteiger charge is -2.35. The molecular formula is C32H41FN4O5. The number of pyridine rings is 1. The topological polar surface area (TPSA) is 96.7 Å². The first-order chi connectivity index (χ1) is 20.5. The normalized spacial score (nSPS) is 20.6. The molecule has 3 aliphatic heterocycles. The molecule has 0 saturated carbocycles. The minimum Gasteiger partial charge on any atom is -0.473 e. The highest BCUT2D eigenvalue weighted by atomic mass is 19.1. The second-order valence-corrected chi connectivity index (χ2v) is 11.2. The van der Waals surface area contributed by atoms with Crippen LogP contribution in [0.5, 0.6) is 5.88 Å². The van der Waals surface area contributed by atoms with Crippen molar-refractivity contribution in [1.82, 2.24) is 14.9 Å². The summed E-state index contributed by atoms with van der Waals surface area (Å²) < 4.78 is 31.5. The van der Waals surface area contributed by atoms with Crippen molar-refractivity contribution in [2.45, 2.75) is 50.7 Å². The highest BCUT2D eigenvalue weighted by Crippen LogP contribution is 2.28. The summed E-state index contributed by atoms with van der Waals surface area (Å²) in [6.07, 6.45) is 5.91. The molecular weight excluding hydrogens is 539 g/mol. The summed E-state index contributed by atoms with van der Waals surface area (Å²) in [5, 5.41) is 11.8. The van der Waals surface area contributed by atoms with Crippen LogP contribution in [0.4, 0.5) is 4.39 Å². The molecule has 1 aromatic heterocycles. The van der Waals surface area contributed by atoms with E-state index in [0.29, 0.717) is 68.5 Å². The number of carbonyl (C=O) groups excluding carboxylic acids is 1. The molecule has 0 spiro atoms. The first kappa shape index (κ1) is 30.3. The average Bonchev–Trinajstić information content (AvgIpc) is 3.00. The van der Waals surface area contributed by atoms with Crippen LogP contribution in [0, 0.1) is 11.7 Å². The second-order valence-electron chi connectivity index (χ2n) is 11.2. The average molecular weight is 581 g/mol. The van der Waals surface area contributed by atoms with Crippen LogP contribution in [0.3, 0.4) is 0 Å². The number of benzene rings is 1. The Kier molecular flexibility index (Phi) is 10.7. The van der Waals surface area contributed by atoms with Gasteiger partial charge in [0.2, 0.25) is 5.88 Å². The summed E-state index contributed by atoms with van der Waals surface area (Å²) >= 11 is 0. The maximum absolute atomic E-state index is 14.9. The number of ether oxygens (including phenoxy) is 3. The van der Waals surface area contributed by atoms with Crippen molar-refractivity contribution in [3.63, 3.8) is 0 Å². The summed E-state index contributed by atoms with van der Waals surface area (Å²) in [6.45, 7) is 8.79. The zero-order chi connectivity index (χ0) is 29.3. The molecule has 4 heterocycles. The van der Waals surface area contributed by atoms with E-state index in [9.17, 15) is 14.4 Å². The number of aliphatic imine (C=N–C) groups is 1. The summed E-state index contributed by atoms with van der Waals surface area (Å²) in [5.41, 5.74) is 1.74. The molecule has 10 heteroatoms. The lowest BCUT2D eigenvalue weighted by molar-refractivity contribution is -0.114. The minimum atomic E-state index is -0.450. The van der Waals surface area contributed by atoms with Crippen LogP contribution in [-0.2, 0) is 16.1 Å². The standard InChI is InChI=1S/C32H41FN4O5/c1-2-13-34-30(37(39)20-27-12-18-41-27)21-36-14-8-23(9-15-36)29-4-3-5-31(35-29)42-22-26-7-6-25(19-28(26)33)32(38)24-10-16-40-17-11-24/h2-7,19,23-24,27,39H,1,8-18,20-22H2/b34-30-/t27-/m0/s1. The maximum atomic E-state index is 14.9. The summed E-state index contributed by atoms with van der Waals surface area (Å²) in [5.74, 6) is 0.772. The number of Topliss-reactive ketones (excluding diaryl/α,β-unsaturated/α-hetero) is 1. The Morgan fingerprint density at radius 2 is 1.95 bits per heavy atom. The molecule has 9 nitrogen and oxygen atoms in total. The van der Waals surface area contributed by atoms with Gasteiger partial charge in [-0.25, -0.2) is 14.4 Å². The highest BCUT2D eigenvalue weighted by Gasteiger charge is 2.27. The van der Waals surface area contributed by atoms with E-state index in [1.807, 2.05) is 12.1 Å². The molecule has 3 fully saturated rings. The van der Waals surface area contributed by atoms with Gasteiger partial charge in [0.15, 0.2) is 5.78 Å². The van der Waals surface area contributed by atoms with Gasteiger partial charge in [-0.15, -0.1) is 6.58 Å². The Bertz CT molecular complexity index is 1240. The number of piperidine rings is 1. The van der Waals surface area contributed by atoms with Gasteiger partial charge < -0.3 is 14.2 Å². The van der Waals surface area contributed by atoms with Crippen LogP contribution < -0.4 is 4.74 Å². The van der Waals surface area contributed by atoms with Crippen LogP contribution in [0.25, 0.3) is 0 Å². The Morgan fingerprint density at radius 3 is 2.64 bits per heavy atom. The molecule has 42 heavy (non-hydrogen) atoms. The van der Waals surface area contributed by atoms with E-state index in [2.05, 4.69) is 16.5 Å². The molecule has 0 amide bonds. The van der Waals surface area contributed by atoms with Crippen molar-refractivity contribution in [2.75, 3.05) is 52.5 Å². The van der Waals surface area contributed by atoms with Gasteiger partial charge in [-0.05, 0) is 57.3 Å². The minimum absolute atomic E-state index is 0.0256. The molecule has 0 unspecified atom stereocenters. The second kappa shape index (κ2) is 14.8. The van der Waals surface area contributed by atoms with Crippen LogP contribution in [0.2, 0.25) is 0 Å². The highest BCUT2D eigenvalue weighted by molar-refractivity contribution is 5.98. The van der Waals surface area contributed by atoms with E-state index in [0.717, 1.165) is 44.7 Å². The monoisotopic (exact) mass is 580 g/mol. The SMILES string of the molecule is C=CC/N=C(/CN1CCC(c2cccc(OCc3ccc(C(=O)C4CCOCC4)cc3F)n2)CC1)N(O)C[C@@H]1CCO1. The molecule has 0 aliphatic carbocycles. The zero-order valence-electron chi connectivity index (χ0n) is 24.1. The molecule has 0 bridgehead atoms. The smallest absolute Gasteiger partial charge is 0.213 e. The summed E-state index contributed by atoms with van der Waals surface area (Å²) in [6, 6.07) is 10.3. The van der Waals surface area contributed by atoms with E-state index in [-0.39, 0.29) is 30.3 Å². The number of hydroxylamine groups is 2. The number of hydrogen-bond acceptors (Lipinski definition) is 8. The molecule has 3 saturated heterocycles. The lowest BCUT2D eigenvalue weighted by atomic mass is 9.90. The predicted molar refractivity (Wildman–Crippen MR) is 157 cm³/mol. The number of amidine groups is 1. The Hall–Kier alpha value is -3.18. The third-order valence-electron chi connectivity index (χ3n) is 8.29. The van der Waals surface area contributed by atoms with Gasteiger partial charge >= 0.3 is 0 Å². The van der Waals surface area contributed by atoms with E-state index in [4.69, 9.17) is 19.2 Å². The molecule has 3 aliphatic rings. The third-order valence-corrected chi connectivity index (χ3v) is 8.29. The first-order valence-corrected chi connectivity index (χ1v) is 14.9. The van der Waals surface area contributed by atoms with E-state index >= 15 is 0 Å². The fourth-order valence-corrected chi connectivity index (χ4v) is 5.60. The number of aromatic nitrogens is 1. The lowest BCUT2D eigenvalue weighted by Crippen LogP contribution is -2.46. The van der Waals surface area contributed by atoms with Gasteiger partial charge in [-0.2, -0.15) is 0 Å². The first-order valence-electron chi connectivity index (χ1n) is 14.9. The van der Waals surface area contributed by atoms with Crippen molar-refractivity contribution in [2.24, 2.45) is 10.9 Å². The van der Waals surface area contributed by atoms with Crippen molar-refractivity contribution < 1.29 is 28.6 Å². The summed E-state index contributed by atoms with van der Waals surface area (Å²) in [7, 11) is 0. The Morgan fingerprint density at radius 1 is 1.17 bits per heavy atom. The van der Waals surface area contributed by atoms with Crippen molar-refractivity contribution in [1.29, 1.82) is 0 Å². The van der Waals surface area contributed by atoms with Crippen LogP contribution in [-0.4, -0.2) is 90.4 Å². The van der Waals surface area contributed by atoms with Gasteiger partial charge in [-0.1, -0.05) is 24.3 Å². The number of ketones is 1. The van der Waals surface area contributed by atoms with Crippen molar-refractivity contribution in [3.8, 4) is 5.88 Å². The van der Waals surface area contributed by atoms with Gasteiger partial charge in [0.05, 0.1) is 25.7 Å². The van der Waals surface area contributed by atoms with Gasteiger partial charge in [0.1, 0.15) is 18.3 Å². The molecule has 5 rings (SSSR count). The van der Waals surface area contributed by atoms with Crippen molar-refractivity contribution in [3.05, 3.63) is 71.7 Å². The van der Waals surface area contributed by atoms with Gasteiger partial charge in [0.25, 0.3) is 0 Å². The van der Waals surface area contributed by atoms with Crippen LogP contribution >= 0.6 is 0 Å². The van der Waals surface area contributed by atoms with E-state index in [1.165, 1.54) is 11.1 Å². The molecule has 0 radical (unpaired) electrons. The number of nitrogens with zero attached hydrogens (tertiary/aromatic N) is 4. The van der Waals surface area contributed by atoms with Crippen LogP contribution in [0.15, 0.2) is 54.0 Å². The number of likely N-dealkylation sites (tertiary alicyclic amines) is 1. The summed E-state index contributed by atoms with van der Waals surface area (Å²) in [4.78, 5) is 24.3. The Labute approximate surface area is 246 Å². The van der Waals surface area contributed by atoms with E-state index in [1.54, 1.807) is 24.3 Å². The van der Waals surface area contributed by atoms with Crippen LogP contribution in [0.1, 0.15) is 59.6 Å².